The molecule has 1 unspecified atom stereocenters. The van der Waals surface area contributed by atoms with Crippen molar-refractivity contribution in [2.75, 3.05) is 0 Å². The van der Waals surface area contributed by atoms with Crippen LogP contribution >= 0.6 is 11.6 Å². The summed E-state index contributed by atoms with van der Waals surface area (Å²) in [5.41, 5.74) is 3.21. The summed E-state index contributed by atoms with van der Waals surface area (Å²) in [5.74, 6) is 2.94. The highest BCUT2D eigenvalue weighted by molar-refractivity contribution is 6.30. The topological polar surface area (TPSA) is 38.0 Å². The first-order chi connectivity index (χ1) is 9.52. The van der Waals surface area contributed by atoms with Crippen LogP contribution in [0.25, 0.3) is 0 Å². The van der Waals surface area contributed by atoms with Crippen molar-refractivity contribution in [2.45, 2.75) is 12.5 Å². The van der Waals surface area contributed by atoms with Gasteiger partial charge in [0.15, 0.2) is 11.6 Å². The quantitative estimate of drug-likeness (QED) is 0.670. The van der Waals surface area contributed by atoms with Crippen LogP contribution in [0.2, 0.25) is 5.02 Å². The first kappa shape index (κ1) is 14.8. The van der Waals surface area contributed by atoms with Crippen LogP contribution in [0, 0.1) is 17.5 Å². The maximum absolute atomic E-state index is 13.9. The van der Waals surface area contributed by atoms with Gasteiger partial charge in [0.05, 0.1) is 11.1 Å². The first-order valence-corrected chi connectivity index (χ1v) is 6.24. The summed E-state index contributed by atoms with van der Waals surface area (Å²) >= 11 is 5.71. The number of nitrogens with two attached hydrogens (primary N) is 1. The number of hydrogen-bond donors (Lipinski definition) is 2. The zero-order valence-corrected chi connectivity index (χ0v) is 11.1. The van der Waals surface area contributed by atoms with E-state index in [4.69, 9.17) is 17.4 Å². The zero-order valence-electron chi connectivity index (χ0n) is 10.3. The minimum atomic E-state index is -0.954. The molecule has 106 valence electrons. The molecule has 0 fully saturated rings. The van der Waals surface area contributed by atoms with E-state index in [2.05, 4.69) is 5.43 Å². The van der Waals surface area contributed by atoms with Gasteiger partial charge in [-0.2, -0.15) is 0 Å². The molecule has 0 saturated carbocycles. The molecule has 6 heteroatoms. The van der Waals surface area contributed by atoms with Crippen LogP contribution in [-0.2, 0) is 6.42 Å². The van der Waals surface area contributed by atoms with E-state index >= 15 is 0 Å². The molecular formula is C14H12ClF3N2. The van der Waals surface area contributed by atoms with E-state index < -0.39 is 23.5 Å². The minimum Gasteiger partial charge on any atom is -0.271 e. The Balaban J connectivity index is 2.28. The first-order valence-electron chi connectivity index (χ1n) is 5.87. The molecule has 0 bridgehead atoms. The SMILES string of the molecule is NNC(Cc1ccc(F)c(F)c1)c1cccc(Cl)c1F. The third-order valence-electron chi connectivity index (χ3n) is 2.98. The highest BCUT2D eigenvalue weighted by Crippen LogP contribution is 2.25. The Morgan fingerprint density at radius 2 is 1.85 bits per heavy atom. The number of hydrazine groups is 1. The lowest BCUT2D eigenvalue weighted by Gasteiger charge is -2.17. The van der Waals surface area contributed by atoms with E-state index in [1.807, 2.05) is 0 Å². The predicted octanol–water partition coefficient (Wildman–Crippen LogP) is 3.50. The summed E-state index contributed by atoms with van der Waals surface area (Å²) in [7, 11) is 0. The van der Waals surface area contributed by atoms with E-state index in [1.165, 1.54) is 18.2 Å². The van der Waals surface area contributed by atoms with E-state index in [9.17, 15) is 13.2 Å². The van der Waals surface area contributed by atoms with E-state index in [-0.39, 0.29) is 17.0 Å². The fourth-order valence-corrected chi connectivity index (χ4v) is 2.13. The lowest BCUT2D eigenvalue weighted by molar-refractivity contribution is 0.495. The van der Waals surface area contributed by atoms with Gasteiger partial charge in [-0.3, -0.25) is 11.3 Å². The fourth-order valence-electron chi connectivity index (χ4n) is 1.95. The molecule has 1 atom stereocenters. The molecule has 0 spiro atoms. The van der Waals surface area contributed by atoms with Crippen LogP contribution in [0.1, 0.15) is 17.2 Å². The Labute approximate surface area is 119 Å². The molecule has 2 aromatic carbocycles. The van der Waals surface area contributed by atoms with Crippen molar-refractivity contribution in [2.24, 2.45) is 5.84 Å². The average Bonchev–Trinajstić information content (AvgIpc) is 2.43. The van der Waals surface area contributed by atoms with Crippen molar-refractivity contribution in [1.29, 1.82) is 0 Å². The van der Waals surface area contributed by atoms with Crippen molar-refractivity contribution in [1.82, 2.24) is 5.43 Å². The van der Waals surface area contributed by atoms with Crippen molar-refractivity contribution < 1.29 is 13.2 Å². The zero-order chi connectivity index (χ0) is 14.7. The molecule has 0 saturated heterocycles. The Morgan fingerprint density at radius 1 is 1.10 bits per heavy atom. The second-order valence-corrected chi connectivity index (χ2v) is 4.72. The summed E-state index contributed by atoms with van der Waals surface area (Å²) in [6.07, 6.45) is 0.199. The molecule has 0 aliphatic rings. The van der Waals surface area contributed by atoms with Gasteiger partial charge >= 0.3 is 0 Å². The number of halogens is 4. The molecule has 3 N–H and O–H groups in total. The molecule has 0 aromatic heterocycles. The minimum absolute atomic E-state index is 0.0203. The average molecular weight is 301 g/mol. The predicted molar refractivity (Wildman–Crippen MR) is 71.5 cm³/mol. The lowest BCUT2D eigenvalue weighted by atomic mass is 9.99. The number of nitrogens with one attached hydrogen (secondary N) is 1. The van der Waals surface area contributed by atoms with Crippen LogP contribution in [0.5, 0.6) is 0 Å². The van der Waals surface area contributed by atoms with Gasteiger partial charge in [-0.1, -0.05) is 29.8 Å². The highest BCUT2D eigenvalue weighted by atomic mass is 35.5. The second kappa shape index (κ2) is 6.26. The molecule has 0 radical (unpaired) electrons. The Bertz CT molecular complexity index is 619. The number of hydrogen-bond acceptors (Lipinski definition) is 2. The van der Waals surface area contributed by atoms with Crippen LogP contribution in [-0.4, -0.2) is 0 Å². The maximum Gasteiger partial charge on any atom is 0.159 e. The lowest BCUT2D eigenvalue weighted by Crippen LogP contribution is -2.30. The van der Waals surface area contributed by atoms with Crippen LogP contribution < -0.4 is 11.3 Å². The molecule has 2 aromatic rings. The van der Waals surface area contributed by atoms with Gasteiger partial charge in [-0.05, 0) is 30.2 Å². The monoisotopic (exact) mass is 300 g/mol. The summed E-state index contributed by atoms with van der Waals surface area (Å²) in [6.45, 7) is 0. The summed E-state index contributed by atoms with van der Waals surface area (Å²) in [5, 5.41) is -0.0203. The Morgan fingerprint density at radius 3 is 2.50 bits per heavy atom. The van der Waals surface area contributed by atoms with E-state index in [0.717, 1.165) is 12.1 Å². The Hall–Kier alpha value is -1.56. The third-order valence-corrected chi connectivity index (χ3v) is 3.27. The largest absolute Gasteiger partial charge is 0.271 e. The molecule has 20 heavy (non-hydrogen) atoms. The van der Waals surface area contributed by atoms with Crippen LogP contribution in [0.4, 0.5) is 13.2 Å². The fraction of sp³-hybridized carbons (Fsp3) is 0.143. The van der Waals surface area contributed by atoms with Crippen molar-refractivity contribution in [3.8, 4) is 0 Å². The normalized spacial score (nSPS) is 12.4. The van der Waals surface area contributed by atoms with Gasteiger partial charge in [-0.25, -0.2) is 13.2 Å². The molecule has 0 heterocycles. The van der Waals surface area contributed by atoms with Gasteiger partial charge in [0.2, 0.25) is 0 Å². The Kier molecular flexibility index (Phi) is 4.65. The summed E-state index contributed by atoms with van der Waals surface area (Å²) < 4.78 is 39.9. The van der Waals surface area contributed by atoms with Crippen LogP contribution in [0.15, 0.2) is 36.4 Å². The van der Waals surface area contributed by atoms with Crippen LogP contribution in [0.3, 0.4) is 0 Å². The standard InChI is InChI=1S/C14H12ClF3N2/c15-10-3-1-2-9(14(10)18)13(20-19)7-8-4-5-11(16)12(17)6-8/h1-6,13,20H,7,19H2. The van der Waals surface area contributed by atoms with Gasteiger partial charge < -0.3 is 0 Å². The van der Waals surface area contributed by atoms with Gasteiger partial charge in [0.25, 0.3) is 0 Å². The molecule has 0 amide bonds. The summed E-state index contributed by atoms with van der Waals surface area (Å²) in [6, 6.07) is 7.45. The molecule has 0 aliphatic heterocycles. The number of benzene rings is 2. The summed E-state index contributed by atoms with van der Waals surface area (Å²) in [4.78, 5) is 0. The third kappa shape index (κ3) is 3.12. The molecular weight excluding hydrogens is 289 g/mol. The molecule has 0 aliphatic carbocycles. The molecule has 2 nitrogen and oxygen atoms in total. The van der Waals surface area contributed by atoms with Crippen molar-refractivity contribution >= 4 is 11.6 Å². The van der Waals surface area contributed by atoms with Crippen molar-refractivity contribution in [3.63, 3.8) is 0 Å². The number of rotatable bonds is 4. The van der Waals surface area contributed by atoms with Gasteiger partial charge in [0, 0.05) is 5.56 Å². The maximum atomic E-state index is 13.9. The van der Waals surface area contributed by atoms with Crippen molar-refractivity contribution in [3.05, 3.63) is 70.0 Å². The smallest absolute Gasteiger partial charge is 0.159 e. The van der Waals surface area contributed by atoms with Gasteiger partial charge in [-0.15, -0.1) is 0 Å². The van der Waals surface area contributed by atoms with E-state index in [1.54, 1.807) is 6.07 Å². The van der Waals surface area contributed by atoms with E-state index in [0.29, 0.717) is 5.56 Å². The van der Waals surface area contributed by atoms with Gasteiger partial charge in [0.1, 0.15) is 5.82 Å². The highest BCUT2D eigenvalue weighted by Gasteiger charge is 2.17. The molecule has 2 rings (SSSR count). The second-order valence-electron chi connectivity index (χ2n) is 4.31.